The summed E-state index contributed by atoms with van der Waals surface area (Å²) in [6.07, 6.45) is 0. The lowest BCUT2D eigenvalue weighted by atomic mass is 9.70. The second-order valence-electron chi connectivity index (χ2n) is 17.1. The van der Waals surface area contributed by atoms with Crippen LogP contribution in [-0.2, 0) is 10.8 Å². The van der Waals surface area contributed by atoms with E-state index in [1.54, 1.807) is 12.1 Å². The number of furan rings is 1. The van der Waals surface area contributed by atoms with Gasteiger partial charge in [-0.25, -0.2) is 0 Å². The van der Waals surface area contributed by atoms with Gasteiger partial charge in [-0.1, -0.05) is 208 Å². The zero-order valence-electron chi connectivity index (χ0n) is 40.7. The molecule has 13 rings (SSSR count). The summed E-state index contributed by atoms with van der Waals surface area (Å²) >= 11 is 0. The van der Waals surface area contributed by atoms with Crippen molar-refractivity contribution in [1.29, 1.82) is 0 Å². The SMILES string of the molecule is [2H]C([2H])([2H])C1(C([2H])([2H])[2H])c2ccccc2-c2ccc(N(c3ccc4c(c3)C3(c5ccccc5-4)c4ccccc4-c4c(-c5ccccc5)oc(-c5ccccc5)c43)c3ccccc3-c3ccccc3)cc21. The van der Waals surface area contributed by atoms with Crippen molar-refractivity contribution >= 4 is 17.1 Å². The van der Waals surface area contributed by atoms with Crippen molar-refractivity contribution in [3.8, 4) is 67.2 Å². The zero-order valence-corrected chi connectivity index (χ0v) is 34.7. The lowest BCUT2D eigenvalue weighted by Crippen LogP contribution is -2.26. The molecule has 9 aromatic carbocycles. The lowest BCUT2D eigenvalue weighted by molar-refractivity contribution is 0.588. The highest BCUT2D eigenvalue weighted by Gasteiger charge is 2.55. The first-order valence-corrected chi connectivity index (χ1v) is 21.8. The number of hydrogen-bond donors (Lipinski definition) is 0. The normalized spacial score (nSPS) is 17.3. The first-order chi connectivity index (χ1) is 34.0. The topological polar surface area (TPSA) is 16.4 Å². The van der Waals surface area contributed by atoms with Gasteiger partial charge in [-0.15, -0.1) is 0 Å². The van der Waals surface area contributed by atoms with Crippen LogP contribution in [0.5, 0.6) is 0 Å². The number of benzene rings is 9. The molecule has 1 aromatic heterocycles. The summed E-state index contributed by atoms with van der Waals surface area (Å²) in [6, 6.07) is 76.1. The largest absolute Gasteiger partial charge is 0.455 e. The fraction of sp³-hybridized carbons (Fsp3) is 0.0645. The highest BCUT2D eigenvalue weighted by Crippen LogP contribution is 2.67. The quantitative estimate of drug-likeness (QED) is 0.166. The van der Waals surface area contributed by atoms with E-state index in [0.29, 0.717) is 16.8 Å². The van der Waals surface area contributed by atoms with Crippen LogP contribution in [0.3, 0.4) is 0 Å². The molecule has 0 fully saturated rings. The standard InChI is InChI=1S/C62H43NO/c1-61(2)51-30-16-12-27-46(51)48-36-34-43(38-54(48)61)63(56-33-19-15-26-45(56)40-20-6-3-7-21-40)44-35-37-49-47-28-13-17-31-52(47)62(55(49)39-44)53-32-18-14-29-50(53)57-58(62)60(42-24-10-5-11-25-42)64-59(57)41-22-8-4-9-23-41/h3-39H,1-2H3/i1D3,2D3. The molecule has 3 aliphatic carbocycles. The molecule has 0 aliphatic heterocycles. The van der Waals surface area contributed by atoms with Gasteiger partial charge < -0.3 is 9.32 Å². The summed E-state index contributed by atoms with van der Waals surface area (Å²) in [5.41, 5.74) is 13.7. The van der Waals surface area contributed by atoms with E-state index in [-0.39, 0.29) is 11.1 Å². The molecule has 1 spiro atoms. The molecule has 2 heteroatoms. The predicted molar refractivity (Wildman–Crippen MR) is 264 cm³/mol. The van der Waals surface area contributed by atoms with E-state index < -0.39 is 24.5 Å². The fourth-order valence-electron chi connectivity index (χ4n) is 11.1. The Bertz CT molecular complexity index is 3690. The Kier molecular flexibility index (Phi) is 6.67. The first kappa shape index (κ1) is 31.0. The molecule has 1 atom stereocenters. The Morgan fingerprint density at radius 1 is 0.375 bits per heavy atom. The molecule has 2 nitrogen and oxygen atoms in total. The van der Waals surface area contributed by atoms with Crippen LogP contribution >= 0.6 is 0 Å². The van der Waals surface area contributed by atoms with Crippen molar-refractivity contribution in [2.24, 2.45) is 0 Å². The summed E-state index contributed by atoms with van der Waals surface area (Å²) in [5, 5.41) is 0. The van der Waals surface area contributed by atoms with Gasteiger partial charge in [-0.2, -0.15) is 0 Å². The summed E-state index contributed by atoms with van der Waals surface area (Å²) < 4.78 is 61.8. The summed E-state index contributed by atoms with van der Waals surface area (Å²) in [7, 11) is 0. The molecule has 64 heavy (non-hydrogen) atoms. The lowest BCUT2D eigenvalue weighted by Gasteiger charge is -2.33. The van der Waals surface area contributed by atoms with Crippen LogP contribution in [0.1, 0.15) is 55.3 Å². The van der Waals surface area contributed by atoms with Gasteiger partial charge >= 0.3 is 0 Å². The molecule has 0 bridgehead atoms. The molecular formula is C62H43NO. The summed E-state index contributed by atoms with van der Waals surface area (Å²) in [6.45, 7) is -5.85. The molecule has 1 heterocycles. The van der Waals surface area contributed by atoms with Gasteiger partial charge in [0.15, 0.2) is 0 Å². The minimum Gasteiger partial charge on any atom is -0.455 e. The molecule has 3 aliphatic rings. The number of anilines is 3. The van der Waals surface area contributed by atoms with Crippen LogP contribution in [0.15, 0.2) is 229 Å². The predicted octanol–water partition coefficient (Wildman–Crippen LogP) is 16.4. The maximum atomic E-state index is 9.09. The smallest absolute Gasteiger partial charge is 0.142 e. The second-order valence-corrected chi connectivity index (χ2v) is 17.1. The average Bonchev–Trinajstić information content (AvgIpc) is 4.10. The Morgan fingerprint density at radius 2 is 0.828 bits per heavy atom. The van der Waals surface area contributed by atoms with Gasteiger partial charge in [0.25, 0.3) is 0 Å². The third kappa shape index (κ3) is 5.02. The molecule has 0 saturated carbocycles. The van der Waals surface area contributed by atoms with Crippen LogP contribution in [0.25, 0.3) is 67.2 Å². The first-order valence-electron chi connectivity index (χ1n) is 24.8. The maximum Gasteiger partial charge on any atom is 0.142 e. The van der Waals surface area contributed by atoms with Crippen LogP contribution in [0.2, 0.25) is 0 Å². The molecule has 0 radical (unpaired) electrons. The third-order valence-electron chi connectivity index (χ3n) is 13.8. The number of rotatable bonds is 6. The van der Waals surface area contributed by atoms with E-state index in [1.165, 1.54) is 0 Å². The van der Waals surface area contributed by atoms with Gasteiger partial charge in [0.2, 0.25) is 0 Å². The van der Waals surface area contributed by atoms with Gasteiger partial charge in [0, 0.05) is 52.8 Å². The highest BCUT2D eigenvalue weighted by molar-refractivity contribution is 6.03. The van der Waals surface area contributed by atoms with Gasteiger partial charge in [-0.05, 0) is 91.5 Å². The Labute approximate surface area is 382 Å². The molecule has 302 valence electrons. The number of para-hydroxylation sites is 1. The van der Waals surface area contributed by atoms with Crippen molar-refractivity contribution < 1.29 is 12.6 Å². The molecule has 0 saturated heterocycles. The number of fused-ring (bicyclic) bond motifs is 13. The third-order valence-corrected chi connectivity index (χ3v) is 13.8. The number of nitrogens with zero attached hydrogens (tertiary/aromatic N) is 1. The minimum absolute atomic E-state index is 0.257. The van der Waals surface area contributed by atoms with E-state index >= 15 is 0 Å². The summed E-state index contributed by atoms with van der Waals surface area (Å²) in [5.74, 6) is 1.61. The highest BCUT2D eigenvalue weighted by atomic mass is 16.3. The van der Waals surface area contributed by atoms with Crippen LogP contribution in [0.4, 0.5) is 17.1 Å². The number of hydrogen-bond acceptors (Lipinski definition) is 2. The van der Waals surface area contributed by atoms with E-state index in [4.69, 9.17) is 12.6 Å². The molecule has 1 unspecified atom stereocenters. The monoisotopic (exact) mass is 823 g/mol. The molecule has 0 N–H and O–H groups in total. The van der Waals surface area contributed by atoms with Crippen LogP contribution in [-0.4, -0.2) is 0 Å². The Hall–Kier alpha value is -7.94. The van der Waals surface area contributed by atoms with Crippen molar-refractivity contribution in [3.63, 3.8) is 0 Å². The van der Waals surface area contributed by atoms with E-state index in [0.717, 1.165) is 89.7 Å². The van der Waals surface area contributed by atoms with Crippen LogP contribution < -0.4 is 4.90 Å². The zero-order chi connectivity index (χ0) is 47.6. The molecule has 10 aromatic rings. The fourth-order valence-corrected chi connectivity index (χ4v) is 11.1. The van der Waals surface area contributed by atoms with E-state index in [1.807, 2.05) is 72.8 Å². The van der Waals surface area contributed by atoms with Gasteiger partial charge in [-0.3, -0.25) is 0 Å². The van der Waals surface area contributed by atoms with Crippen molar-refractivity contribution in [2.45, 2.75) is 24.5 Å². The van der Waals surface area contributed by atoms with Crippen molar-refractivity contribution in [2.75, 3.05) is 4.90 Å². The van der Waals surface area contributed by atoms with Crippen molar-refractivity contribution in [1.82, 2.24) is 0 Å². The maximum absolute atomic E-state index is 9.09. The van der Waals surface area contributed by atoms with Crippen molar-refractivity contribution in [3.05, 3.63) is 258 Å². The van der Waals surface area contributed by atoms with E-state index in [2.05, 4.69) is 144 Å². The van der Waals surface area contributed by atoms with Gasteiger partial charge in [0.1, 0.15) is 11.5 Å². The Balaban J connectivity index is 1.13. The average molecular weight is 824 g/mol. The summed E-state index contributed by atoms with van der Waals surface area (Å²) in [4.78, 5) is 2.18. The van der Waals surface area contributed by atoms with E-state index in [9.17, 15) is 0 Å². The molecule has 0 amide bonds. The Morgan fingerprint density at radius 3 is 1.47 bits per heavy atom. The molecular weight excluding hydrogens is 775 g/mol. The van der Waals surface area contributed by atoms with Crippen LogP contribution in [0, 0.1) is 0 Å². The van der Waals surface area contributed by atoms with Gasteiger partial charge in [0.05, 0.1) is 11.1 Å². The minimum atomic E-state index is -2.93. The second kappa shape index (κ2) is 13.8.